The minimum Gasteiger partial charge on any atom is -0.377 e. The maximum Gasteiger partial charge on any atom is 0.245 e. The van der Waals surface area contributed by atoms with E-state index in [1.807, 2.05) is 0 Å². The van der Waals surface area contributed by atoms with Crippen LogP contribution in [0.3, 0.4) is 0 Å². The van der Waals surface area contributed by atoms with E-state index in [2.05, 4.69) is 5.32 Å². The molecule has 19 heavy (non-hydrogen) atoms. The normalized spacial score (nSPS) is 23.2. The fourth-order valence-electron chi connectivity index (χ4n) is 2.21. The van der Waals surface area contributed by atoms with Crippen molar-refractivity contribution in [2.45, 2.75) is 44.2 Å². The Balaban J connectivity index is 1.86. The predicted octanol–water partition coefficient (Wildman–Crippen LogP) is -0.379. The summed E-state index contributed by atoms with van der Waals surface area (Å²) in [6.07, 6.45) is 4.18. The highest BCUT2D eigenvalue weighted by Gasteiger charge is 2.35. The molecule has 0 aromatic carbocycles. The minimum atomic E-state index is -0.459. The van der Waals surface area contributed by atoms with Gasteiger partial charge >= 0.3 is 0 Å². The first-order valence-corrected chi connectivity index (χ1v) is 7.10. The van der Waals surface area contributed by atoms with E-state index in [4.69, 9.17) is 10.5 Å². The van der Waals surface area contributed by atoms with E-state index in [1.54, 1.807) is 4.90 Å². The molecule has 1 heterocycles. The van der Waals surface area contributed by atoms with Gasteiger partial charge in [-0.05, 0) is 32.2 Å². The zero-order chi connectivity index (χ0) is 13.7. The first-order chi connectivity index (χ1) is 9.22. The Morgan fingerprint density at radius 3 is 2.79 bits per heavy atom. The van der Waals surface area contributed by atoms with Crippen molar-refractivity contribution in [2.75, 3.05) is 26.3 Å². The van der Waals surface area contributed by atoms with Crippen molar-refractivity contribution in [2.24, 2.45) is 5.73 Å². The molecule has 0 bridgehead atoms. The highest BCUT2D eigenvalue weighted by atomic mass is 16.5. The van der Waals surface area contributed by atoms with Gasteiger partial charge in [-0.15, -0.1) is 0 Å². The lowest BCUT2D eigenvalue weighted by Gasteiger charge is -2.34. The van der Waals surface area contributed by atoms with E-state index < -0.39 is 6.04 Å². The number of hydrogen-bond acceptors (Lipinski definition) is 4. The molecule has 2 aliphatic rings. The first-order valence-electron chi connectivity index (χ1n) is 7.10. The molecule has 1 saturated carbocycles. The van der Waals surface area contributed by atoms with Crippen LogP contribution in [0.5, 0.6) is 0 Å². The van der Waals surface area contributed by atoms with Crippen molar-refractivity contribution in [3.8, 4) is 0 Å². The highest BCUT2D eigenvalue weighted by Crippen LogP contribution is 2.20. The van der Waals surface area contributed by atoms with Gasteiger partial charge in [-0.25, -0.2) is 0 Å². The highest BCUT2D eigenvalue weighted by molar-refractivity contribution is 5.88. The average molecular weight is 269 g/mol. The number of unbranched alkanes of at least 4 members (excludes halogenated alkanes) is 1. The van der Waals surface area contributed by atoms with E-state index in [0.717, 1.165) is 25.7 Å². The third-order valence-corrected chi connectivity index (χ3v) is 3.52. The summed E-state index contributed by atoms with van der Waals surface area (Å²) in [6.45, 7) is 1.92. The van der Waals surface area contributed by atoms with E-state index in [0.29, 0.717) is 38.8 Å². The lowest BCUT2D eigenvalue weighted by atomic mass is 10.1. The molecule has 6 nitrogen and oxygen atoms in total. The zero-order valence-electron chi connectivity index (χ0n) is 11.3. The molecule has 2 amide bonds. The Kier molecular flexibility index (Phi) is 5.15. The molecule has 1 aliphatic heterocycles. The molecule has 0 aromatic rings. The van der Waals surface area contributed by atoms with Crippen molar-refractivity contribution in [3.05, 3.63) is 0 Å². The Labute approximate surface area is 113 Å². The Morgan fingerprint density at radius 2 is 2.11 bits per heavy atom. The van der Waals surface area contributed by atoms with Crippen LogP contribution >= 0.6 is 0 Å². The molecule has 2 fully saturated rings. The molecule has 0 radical (unpaired) electrons. The molecule has 1 atom stereocenters. The molecule has 1 saturated heterocycles. The topological polar surface area (TPSA) is 84.7 Å². The molecule has 3 N–H and O–H groups in total. The number of nitrogens with zero attached hydrogens (tertiary/aromatic N) is 1. The molecule has 0 aromatic heterocycles. The lowest BCUT2D eigenvalue weighted by molar-refractivity contribution is -0.148. The third kappa shape index (κ3) is 4.18. The first kappa shape index (κ1) is 14.3. The van der Waals surface area contributed by atoms with Gasteiger partial charge in [-0.3, -0.25) is 9.59 Å². The summed E-state index contributed by atoms with van der Waals surface area (Å²) in [4.78, 5) is 25.9. The number of ether oxygens (including phenoxy) is 1. The number of hydrogen-bond donors (Lipinski definition) is 2. The Bertz CT molecular complexity index is 331. The van der Waals surface area contributed by atoms with E-state index in [-0.39, 0.29) is 11.8 Å². The van der Waals surface area contributed by atoms with Gasteiger partial charge in [0.2, 0.25) is 11.8 Å². The summed E-state index contributed by atoms with van der Waals surface area (Å²) in [7, 11) is 0. The maximum atomic E-state index is 12.1. The monoisotopic (exact) mass is 269 g/mol. The Morgan fingerprint density at radius 1 is 1.32 bits per heavy atom. The quantitative estimate of drug-likeness (QED) is 0.644. The van der Waals surface area contributed by atoms with Crippen LogP contribution in [0.25, 0.3) is 0 Å². The largest absolute Gasteiger partial charge is 0.377 e. The summed E-state index contributed by atoms with van der Waals surface area (Å²) in [5.74, 6) is -0.0397. The lowest BCUT2D eigenvalue weighted by Crippen LogP contribution is -2.56. The van der Waals surface area contributed by atoms with E-state index in [9.17, 15) is 9.59 Å². The molecule has 1 unspecified atom stereocenters. The minimum absolute atomic E-state index is 0.0349. The molecular formula is C13H23N3O3. The number of nitrogens with one attached hydrogen (secondary N) is 1. The van der Waals surface area contributed by atoms with Crippen LogP contribution in [0.2, 0.25) is 0 Å². The number of morpholine rings is 1. The molecule has 108 valence electrons. The van der Waals surface area contributed by atoms with Gasteiger partial charge in [0.1, 0.15) is 6.04 Å². The fraction of sp³-hybridized carbons (Fsp3) is 0.846. The van der Waals surface area contributed by atoms with Crippen LogP contribution in [0.4, 0.5) is 0 Å². The van der Waals surface area contributed by atoms with Crippen LogP contribution in [0, 0.1) is 0 Å². The smallest absolute Gasteiger partial charge is 0.245 e. The van der Waals surface area contributed by atoms with Crippen molar-refractivity contribution in [1.82, 2.24) is 10.2 Å². The predicted molar refractivity (Wildman–Crippen MR) is 70.4 cm³/mol. The number of carbonyl (C=O) groups is 2. The average Bonchev–Trinajstić information content (AvgIpc) is 3.23. The van der Waals surface area contributed by atoms with Gasteiger partial charge in [-0.2, -0.15) is 0 Å². The summed E-state index contributed by atoms with van der Waals surface area (Å²) in [6, 6.07) is -0.150. The second kappa shape index (κ2) is 6.86. The summed E-state index contributed by atoms with van der Waals surface area (Å²) in [5, 5.41) is 2.94. The molecule has 2 rings (SSSR count). The molecule has 6 heteroatoms. The van der Waals surface area contributed by atoms with Crippen LogP contribution in [-0.4, -0.2) is 55.1 Å². The zero-order valence-corrected chi connectivity index (χ0v) is 11.3. The fourth-order valence-corrected chi connectivity index (χ4v) is 2.21. The van der Waals surface area contributed by atoms with Crippen molar-refractivity contribution < 1.29 is 14.3 Å². The Hall–Kier alpha value is -1.14. The van der Waals surface area contributed by atoms with E-state index in [1.165, 1.54) is 0 Å². The number of rotatable bonds is 6. The SMILES string of the molecule is NCCCCC(=O)N1CCOCC1C(=O)NC1CC1. The van der Waals surface area contributed by atoms with Crippen LogP contribution in [0.1, 0.15) is 32.1 Å². The van der Waals surface area contributed by atoms with Crippen molar-refractivity contribution in [1.29, 1.82) is 0 Å². The van der Waals surface area contributed by atoms with Crippen LogP contribution in [0.15, 0.2) is 0 Å². The summed E-state index contributed by atoms with van der Waals surface area (Å²) in [5.41, 5.74) is 5.42. The molecule has 0 spiro atoms. The number of amides is 2. The maximum absolute atomic E-state index is 12.1. The van der Waals surface area contributed by atoms with Crippen LogP contribution in [-0.2, 0) is 14.3 Å². The van der Waals surface area contributed by atoms with Gasteiger partial charge in [0.05, 0.1) is 13.2 Å². The van der Waals surface area contributed by atoms with E-state index >= 15 is 0 Å². The summed E-state index contributed by atoms with van der Waals surface area (Å²) < 4.78 is 5.34. The van der Waals surface area contributed by atoms with Crippen LogP contribution < -0.4 is 11.1 Å². The van der Waals surface area contributed by atoms with Gasteiger partial charge < -0.3 is 20.7 Å². The van der Waals surface area contributed by atoms with Gasteiger partial charge in [-0.1, -0.05) is 0 Å². The van der Waals surface area contributed by atoms with Gasteiger partial charge in [0.15, 0.2) is 0 Å². The van der Waals surface area contributed by atoms with Gasteiger partial charge in [0.25, 0.3) is 0 Å². The second-order valence-corrected chi connectivity index (χ2v) is 5.21. The van der Waals surface area contributed by atoms with Crippen molar-refractivity contribution in [3.63, 3.8) is 0 Å². The number of carbonyl (C=O) groups excluding carboxylic acids is 2. The number of nitrogens with two attached hydrogens (primary N) is 1. The standard InChI is InChI=1S/C13H23N3O3/c14-6-2-1-3-12(17)16-7-8-19-9-11(16)13(18)15-10-4-5-10/h10-11H,1-9,14H2,(H,15,18). The molecular weight excluding hydrogens is 246 g/mol. The van der Waals surface area contributed by atoms with Crippen molar-refractivity contribution >= 4 is 11.8 Å². The third-order valence-electron chi connectivity index (χ3n) is 3.52. The second-order valence-electron chi connectivity index (χ2n) is 5.21. The molecule has 1 aliphatic carbocycles. The van der Waals surface area contributed by atoms with Gasteiger partial charge in [0, 0.05) is 19.0 Å². The summed E-state index contributed by atoms with van der Waals surface area (Å²) >= 11 is 0.